The third-order valence-corrected chi connectivity index (χ3v) is 12.0. The topological polar surface area (TPSA) is 16.1 Å². The molecule has 9 aromatic carbocycles. The number of hydrogen-bond acceptors (Lipinski definition) is 3. The minimum Gasteiger partial charge on any atom is -0.309 e. The summed E-state index contributed by atoms with van der Waals surface area (Å²) >= 11 is 1.80. The maximum absolute atomic E-state index is 5.23. The third kappa shape index (κ3) is 4.76. The Morgan fingerprint density at radius 1 is 0.370 bits per heavy atom. The molecule has 1 aliphatic carbocycles. The zero-order chi connectivity index (χ0) is 35.6. The second kappa shape index (κ2) is 12.4. The molecule has 0 amide bonds. The Labute approximate surface area is 317 Å². The number of fused-ring (bicyclic) bond motifs is 5. The number of aromatic nitrogens is 1. The van der Waals surface area contributed by atoms with Gasteiger partial charge in [-0.3, -0.25) is 0 Å². The summed E-state index contributed by atoms with van der Waals surface area (Å²) < 4.78 is 0. The summed E-state index contributed by atoms with van der Waals surface area (Å²) in [6, 6.07) is 70.2. The maximum atomic E-state index is 5.23. The molecule has 0 bridgehead atoms. The first-order valence-corrected chi connectivity index (χ1v) is 19.2. The van der Waals surface area contributed by atoms with Crippen LogP contribution in [0.5, 0.6) is 0 Å². The molecule has 252 valence electrons. The number of anilines is 3. The molecule has 0 aliphatic heterocycles. The Hall–Kier alpha value is -6.81. The molecule has 0 N–H and O–H groups in total. The first-order valence-electron chi connectivity index (χ1n) is 18.4. The SMILES string of the molecule is c1ccc(-c2ccc(N(c3ccccc3)c3c4ccccc4c(-c4ccc5c6c(cccc46)-c4nc(-c6ccccc6)sc4-5)c4ccccc34)cc2)cc1. The molecule has 3 heteroatoms. The Morgan fingerprint density at radius 3 is 1.56 bits per heavy atom. The van der Waals surface area contributed by atoms with Gasteiger partial charge in [0.25, 0.3) is 0 Å². The second-order valence-corrected chi connectivity index (χ2v) is 14.8. The molecule has 11 rings (SSSR count). The van der Waals surface area contributed by atoms with Gasteiger partial charge in [-0.05, 0) is 62.7 Å². The molecule has 0 atom stereocenters. The summed E-state index contributed by atoms with van der Waals surface area (Å²) in [5.74, 6) is 0. The number of thiazole rings is 1. The molecule has 0 spiro atoms. The van der Waals surface area contributed by atoms with Crippen LogP contribution in [0.1, 0.15) is 0 Å². The molecular weight excluding hydrogens is 673 g/mol. The smallest absolute Gasteiger partial charge is 0.124 e. The Morgan fingerprint density at radius 2 is 0.889 bits per heavy atom. The lowest BCUT2D eigenvalue weighted by molar-refractivity contribution is 1.31. The fourth-order valence-corrected chi connectivity index (χ4v) is 9.57. The quantitative estimate of drug-likeness (QED) is 0.160. The van der Waals surface area contributed by atoms with Crippen molar-refractivity contribution >= 4 is 60.7 Å². The number of para-hydroxylation sites is 1. The van der Waals surface area contributed by atoms with Crippen LogP contribution in [0.25, 0.3) is 86.8 Å². The fourth-order valence-electron chi connectivity index (χ4n) is 8.46. The van der Waals surface area contributed by atoms with Gasteiger partial charge in [-0.25, -0.2) is 4.98 Å². The highest BCUT2D eigenvalue weighted by molar-refractivity contribution is 7.19. The number of benzene rings is 9. The first-order chi connectivity index (χ1) is 26.8. The fraction of sp³-hybridized carbons (Fsp3) is 0. The molecule has 1 aromatic heterocycles. The lowest BCUT2D eigenvalue weighted by Gasteiger charge is -2.30. The Balaban J connectivity index is 1.14. The van der Waals surface area contributed by atoms with Gasteiger partial charge in [0.05, 0.1) is 16.3 Å². The van der Waals surface area contributed by atoms with Crippen molar-refractivity contribution < 1.29 is 0 Å². The molecule has 54 heavy (non-hydrogen) atoms. The van der Waals surface area contributed by atoms with Gasteiger partial charge in [-0.15, -0.1) is 11.3 Å². The Bertz CT molecular complexity index is 2940. The lowest BCUT2D eigenvalue weighted by Crippen LogP contribution is -2.11. The lowest BCUT2D eigenvalue weighted by atomic mass is 9.87. The van der Waals surface area contributed by atoms with E-state index in [9.17, 15) is 0 Å². The van der Waals surface area contributed by atoms with Gasteiger partial charge < -0.3 is 4.90 Å². The van der Waals surface area contributed by atoms with Gasteiger partial charge in [0.1, 0.15) is 5.01 Å². The van der Waals surface area contributed by atoms with Gasteiger partial charge in [0.2, 0.25) is 0 Å². The summed E-state index contributed by atoms with van der Waals surface area (Å²) in [7, 11) is 0. The van der Waals surface area contributed by atoms with Gasteiger partial charge in [-0.1, -0.05) is 170 Å². The molecule has 0 saturated heterocycles. The van der Waals surface area contributed by atoms with E-state index in [2.05, 4.69) is 199 Å². The summed E-state index contributed by atoms with van der Waals surface area (Å²) in [6.45, 7) is 0. The van der Waals surface area contributed by atoms with Gasteiger partial charge in [-0.2, -0.15) is 0 Å². The maximum Gasteiger partial charge on any atom is 0.124 e. The molecule has 1 heterocycles. The standard InChI is InChI=1S/C51H32N2S/c1-4-15-33(16-5-1)34-27-29-37(30-28-34)53(36-19-8-3-9-20-36)49-42-23-12-10-21-39(42)46(40-22-11-13-24-43(40)49)41-31-32-45-47-38(41)25-14-26-44(47)48-50(45)54-51(52-48)35-17-6-2-7-18-35/h1-32H. The van der Waals surface area contributed by atoms with Crippen molar-refractivity contribution in [2.75, 3.05) is 4.90 Å². The minimum atomic E-state index is 1.07. The van der Waals surface area contributed by atoms with Gasteiger partial charge >= 0.3 is 0 Å². The highest BCUT2D eigenvalue weighted by atomic mass is 32.1. The van der Waals surface area contributed by atoms with Crippen molar-refractivity contribution in [2.45, 2.75) is 0 Å². The van der Waals surface area contributed by atoms with Crippen LogP contribution in [0.2, 0.25) is 0 Å². The van der Waals surface area contributed by atoms with Crippen molar-refractivity contribution in [3.05, 3.63) is 194 Å². The highest BCUT2D eigenvalue weighted by Gasteiger charge is 2.29. The highest BCUT2D eigenvalue weighted by Crippen LogP contribution is 2.55. The van der Waals surface area contributed by atoms with E-state index in [1.165, 1.54) is 76.3 Å². The molecule has 2 nitrogen and oxygen atoms in total. The second-order valence-electron chi connectivity index (χ2n) is 13.9. The summed E-state index contributed by atoms with van der Waals surface area (Å²) in [4.78, 5) is 8.92. The third-order valence-electron chi connectivity index (χ3n) is 10.8. The van der Waals surface area contributed by atoms with E-state index in [0.717, 1.165) is 27.6 Å². The van der Waals surface area contributed by atoms with Crippen molar-refractivity contribution in [3.63, 3.8) is 0 Å². The van der Waals surface area contributed by atoms with E-state index < -0.39 is 0 Å². The van der Waals surface area contributed by atoms with Crippen molar-refractivity contribution in [1.82, 2.24) is 4.98 Å². The zero-order valence-corrected chi connectivity index (χ0v) is 30.1. The van der Waals surface area contributed by atoms with E-state index in [4.69, 9.17) is 4.98 Å². The average Bonchev–Trinajstić information content (AvgIpc) is 3.82. The van der Waals surface area contributed by atoms with E-state index in [1.807, 2.05) is 0 Å². The number of hydrogen-bond donors (Lipinski definition) is 0. The van der Waals surface area contributed by atoms with Crippen LogP contribution >= 0.6 is 11.3 Å². The van der Waals surface area contributed by atoms with Crippen LogP contribution in [-0.4, -0.2) is 4.98 Å². The number of rotatable bonds is 6. The molecule has 1 aliphatic rings. The molecule has 10 aromatic rings. The molecule has 0 unspecified atom stereocenters. The van der Waals surface area contributed by atoms with Crippen LogP contribution in [0.3, 0.4) is 0 Å². The molecule has 0 radical (unpaired) electrons. The van der Waals surface area contributed by atoms with Crippen LogP contribution in [0.15, 0.2) is 194 Å². The monoisotopic (exact) mass is 704 g/mol. The molecule has 0 saturated carbocycles. The van der Waals surface area contributed by atoms with Crippen LogP contribution in [-0.2, 0) is 0 Å². The summed E-state index contributed by atoms with van der Waals surface area (Å²) in [5.41, 5.74) is 13.1. The Kier molecular flexibility index (Phi) is 7.07. The predicted octanol–water partition coefficient (Wildman–Crippen LogP) is 14.7. The van der Waals surface area contributed by atoms with Crippen LogP contribution in [0.4, 0.5) is 17.1 Å². The zero-order valence-electron chi connectivity index (χ0n) is 29.3. The van der Waals surface area contributed by atoms with E-state index in [0.29, 0.717) is 0 Å². The number of nitrogens with zero attached hydrogens (tertiary/aromatic N) is 2. The van der Waals surface area contributed by atoms with Crippen molar-refractivity contribution in [1.29, 1.82) is 0 Å². The van der Waals surface area contributed by atoms with Crippen molar-refractivity contribution in [2.24, 2.45) is 0 Å². The van der Waals surface area contributed by atoms with E-state index in [-0.39, 0.29) is 0 Å². The average molecular weight is 705 g/mol. The summed E-state index contributed by atoms with van der Waals surface area (Å²) in [6.07, 6.45) is 0. The van der Waals surface area contributed by atoms with Crippen molar-refractivity contribution in [3.8, 4) is 54.5 Å². The summed E-state index contributed by atoms with van der Waals surface area (Å²) in [5, 5.41) is 8.49. The molecular formula is C51H32N2S. The molecule has 0 fully saturated rings. The normalized spacial score (nSPS) is 11.7. The van der Waals surface area contributed by atoms with Crippen LogP contribution in [0, 0.1) is 0 Å². The van der Waals surface area contributed by atoms with Gasteiger partial charge in [0, 0.05) is 44.2 Å². The van der Waals surface area contributed by atoms with E-state index >= 15 is 0 Å². The first kappa shape index (κ1) is 30.8. The minimum absolute atomic E-state index is 1.07. The largest absolute Gasteiger partial charge is 0.309 e. The van der Waals surface area contributed by atoms with E-state index in [1.54, 1.807) is 11.3 Å². The van der Waals surface area contributed by atoms with Crippen LogP contribution < -0.4 is 4.90 Å². The van der Waals surface area contributed by atoms with Gasteiger partial charge in [0.15, 0.2) is 0 Å². The predicted molar refractivity (Wildman–Crippen MR) is 230 cm³/mol.